The predicted molar refractivity (Wildman–Crippen MR) is 101 cm³/mol. The number of carbonyl (C=O) groups is 1. The Kier molecular flexibility index (Phi) is 5.20. The van der Waals surface area contributed by atoms with Crippen molar-refractivity contribution >= 4 is 23.1 Å². The second-order valence-electron chi connectivity index (χ2n) is 6.75. The van der Waals surface area contributed by atoms with E-state index in [1.165, 1.54) is 22.7 Å². The first-order valence-electron chi connectivity index (χ1n) is 9.12. The van der Waals surface area contributed by atoms with E-state index in [1.54, 1.807) is 12.1 Å². The highest BCUT2D eigenvalue weighted by molar-refractivity contribution is 7.12. The van der Waals surface area contributed by atoms with Crippen LogP contribution < -0.4 is 4.90 Å². The van der Waals surface area contributed by atoms with Gasteiger partial charge in [-0.2, -0.15) is 10.5 Å². The van der Waals surface area contributed by atoms with Crippen LogP contribution in [0.5, 0.6) is 0 Å². The standard InChI is InChI=1S/C19H18N6O2S/c20-10-14-9-18(23-12-22-14)24-6-3-13(4-7-24)19(26)25-16(5-8-27-25)17-2-1-15(11-21)28-17/h1-2,9,12-13,16H,3-8H2/t16-/m0/s1. The number of rotatable bonds is 3. The Morgan fingerprint density at radius 3 is 2.71 bits per heavy atom. The topological polar surface area (TPSA) is 106 Å². The summed E-state index contributed by atoms with van der Waals surface area (Å²) in [6, 6.07) is 9.42. The molecular weight excluding hydrogens is 376 g/mol. The molecule has 0 saturated carbocycles. The summed E-state index contributed by atoms with van der Waals surface area (Å²) in [6.45, 7) is 1.88. The van der Waals surface area contributed by atoms with Gasteiger partial charge in [0.2, 0.25) is 5.91 Å². The summed E-state index contributed by atoms with van der Waals surface area (Å²) in [4.78, 5) is 30.6. The fraction of sp³-hybridized carbons (Fsp3) is 0.421. The number of hydrogen-bond donors (Lipinski definition) is 0. The lowest BCUT2D eigenvalue weighted by Crippen LogP contribution is -2.42. The molecule has 0 radical (unpaired) electrons. The zero-order valence-corrected chi connectivity index (χ0v) is 15.9. The largest absolute Gasteiger partial charge is 0.356 e. The van der Waals surface area contributed by atoms with Crippen LogP contribution in [0.1, 0.15) is 40.8 Å². The predicted octanol–water partition coefficient (Wildman–Crippen LogP) is 2.40. The second kappa shape index (κ2) is 7.93. The molecule has 8 nitrogen and oxygen atoms in total. The number of thiophene rings is 1. The van der Waals surface area contributed by atoms with Gasteiger partial charge in [-0.1, -0.05) is 0 Å². The zero-order chi connectivity index (χ0) is 19.5. The number of piperidine rings is 1. The van der Waals surface area contributed by atoms with Crippen molar-refractivity contribution in [2.75, 3.05) is 24.6 Å². The van der Waals surface area contributed by atoms with Gasteiger partial charge in [-0.3, -0.25) is 9.63 Å². The van der Waals surface area contributed by atoms with Crippen LogP contribution in [0.4, 0.5) is 5.82 Å². The molecule has 1 amide bonds. The molecule has 2 aliphatic rings. The Morgan fingerprint density at radius 2 is 2.00 bits per heavy atom. The van der Waals surface area contributed by atoms with Gasteiger partial charge >= 0.3 is 0 Å². The quantitative estimate of drug-likeness (QED) is 0.787. The van der Waals surface area contributed by atoms with Crippen LogP contribution in [0, 0.1) is 28.6 Å². The van der Waals surface area contributed by atoms with E-state index in [1.807, 2.05) is 12.1 Å². The molecule has 2 aliphatic heterocycles. The van der Waals surface area contributed by atoms with E-state index < -0.39 is 0 Å². The Hall–Kier alpha value is -3.01. The SMILES string of the molecule is N#Cc1cc(N2CCC(C(=O)N3OCC[C@H]3c3ccc(C#N)s3)CC2)ncn1. The Morgan fingerprint density at radius 1 is 1.18 bits per heavy atom. The number of hydrogen-bond acceptors (Lipinski definition) is 8. The van der Waals surface area contributed by atoms with Crippen LogP contribution >= 0.6 is 11.3 Å². The molecule has 0 aliphatic carbocycles. The first kappa shape index (κ1) is 18.4. The van der Waals surface area contributed by atoms with Gasteiger partial charge in [-0.05, 0) is 25.0 Å². The van der Waals surface area contributed by atoms with E-state index in [4.69, 9.17) is 15.4 Å². The molecule has 2 aromatic heterocycles. The van der Waals surface area contributed by atoms with Crippen LogP contribution in [-0.4, -0.2) is 40.6 Å². The minimum atomic E-state index is -0.113. The van der Waals surface area contributed by atoms with E-state index in [0.717, 1.165) is 17.1 Å². The number of aromatic nitrogens is 2. The monoisotopic (exact) mass is 394 g/mol. The van der Waals surface area contributed by atoms with Crippen molar-refractivity contribution in [3.63, 3.8) is 0 Å². The van der Waals surface area contributed by atoms with Crippen molar-refractivity contribution in [2.24, 2.45) is 5.92 Å². The molecular formula is C19H18N6O2S. The highest BCUT2D eigenvalue weighted by Crippen LogP contribution is 2.36. The van der Waals surface area contributed by atoms with Crippen LogP contribution in [0.15, 0.2) is 24.5 Å². The molecule has 0 spiro atoms. The summed E-state index contributed by atoms with van der Waals surface area (Å²) < 4.78 is 0. The van der Waals surface area contributed by atoms with Crippen molar-refractivity contribution in [2.45, 2.75) is 25.3 Å². The smallest absolute Gasteiger partial charge is 0.249 e. The van der Waals surface area contributed by atoms with Crippen molar-refractivity contribution in [3.05, 3.63) is 40.0 Å². The van der Waals surface area contributed by atoms with Crippen LogP contribution in [-0.2, 0) is 9.63 Å². The summed E-state index contributed by atoms with van der Waals surface area (Å²) in [5.74, 6) is 0.620. The molecule has 28 heavy (non-hydrogen) atoms. The Balaban J connectivity index is 1.40. The maximum atomic E-state index is 13.1. The number of anilines is 1. The van der Waals surface area contributed by atoms with Gasteiger partial charge in [-0.15, -0.1) is 11.3 Å². The minimum absolute atomic E-state index is 0.00876. The van der Waals surface area contributed by atoms with Gasteiger partial charge < -0.3 is 4.90 Å². The molecule has 142 valence electrons. The zero-order valence-electron chi connectivity index (χ0n) is 15.1. The third-order valence-electron chi connectivity index (χ3n) is 5.12. The van der Waals surface area contributed by atoms with Crippen LogP contribution in [0.2, 0.25) is 0 Å². The molecule has 2 saturated heterocycles. The fourth-order valence-electron chi connectivity index (χ4n) is 3.65. The number of hydroxylamine groups is 2. The van der Waals surface area contributed by atoms with E-state index in [9.17, 15) is 4.79 Å². The van der Waals surface area contributed by atoms with Gasteiger partial charge in [0.25, 0.3) is 0 Å². The van der Waals surface area contributed by atoms with E-state index in [2.05, 4.69) is 20.9 Å². The van der Waals surface area contributed by atoms with E-state index >= 15 is 0 Å². The maximum absolute atomic E-state index is 13.1. The Labute approximate surface area is 166 Å². The molecule has 9 heteroatoms. The van der Waals surface area contributed by atoms with Crippen molar-refractivity contribution in [1.82, 2.24) is 15.0 Å². The molecule has 2 aromatic rings. The molecule has 0 aromatic carbocycles. The normalized spacial score (nSPS) is 20.0. The lowest BCUT2D eigenvalue weighted by atomic mass is 9.95. The average Bonchev–Trinajstić information content (AvgIpc) is 3.42. The summed E-state index contributed by atoms with van der Waals surface area (Å²) in [6.07, 6.45) is 3.54. The molecule has 0 N–H and O–H groups in total. The minimum Gasteiger partial charge on any atom is -0.356 e. The molecule has 1 atom stereocenters. The van der Waals surface area contributed by atoms with Crippen molar-refractivity contribution in [3.8, 4) is 12.1 Å². The molecule has 0 unspecified atom stereocenters. The number of amides is 1. The molecule has 2 fully saturated rings. The number of nitrogens with zero attached hydrogens (tertiary/aromatic N) is 6. The third kappa shape index (κ3) is 3.55. The summed E-state index contributed by atoms with van der Waals surface area (Å²) in [5.41, 5.74) is 0.337. The van der Waals surface area contributed by atoms with Crippen LogP contribution in [0.25, 0.3) is 0 Å². The molecule has 0 bridgehead atoms. The van der Waals surface area contributed by atoms with Gasteiger partial charge in [-0.25, -0.2) is 15.0 Å². The van der Waals surface area contributed by atoms with Crippen molar-refractivity contribution in [1.29, 1.82) is 10.5 Å². The average molecular weight is 394 g/mol. The first-order chi connectivity index (χ1) is 13.7. The van der Waals surface area contributed by atoms with Crippen molar-refractivity contribution < 1.29 is 9.63 Å². The van der Waals surface area contributed by atoms with Gasteiger partial charge in [0, 0.05) is 36.4 Å². The van der Waals surface area contributed by atoms with Gasteiger partial charge in [0.1, 0.15) is 34.9 Å². The number of nitriles is 2. The molecule has 4 heterocycles. The highest BCUT2D eigenvalue weighted by atomic mass is 32.1. The second-order valence-corrected chi connectivity index (χ2v) is 7.87. The Bertz CT molecular complexity index is 954. The first-order valence-corrected chi connectivity index (χ1v) is 9.94. The summed E-state index contributed by atoms with van der Waals surface area (Å²) in [7, 11) is 0. The summed E-state index contributed by atoms with van der Waals surface area (Å²) in [5, 5.41) is 19.6. The fourth-order valence-corrected chi connectivity index (χ4v) is 4.57. The lowest BCUT2D eigenvalue weighted by Gasteiger charge is -2.34. The van der Waals surface area contributed by atoms with Gasteiger partial charge in [0.15, 0.2) is 0 Å². The van der Waals surface area contributed by atoms with Crippen LogP contribution in [0.3, 0.4) is 0 Å². The molecule has 4 rings (SSSR count). The lowest BCUT2D eigenvalue weighted by molar-refractivity contribution is -0.182. The van der Waals surface area contributed by atoms with Gasteiger partial charge in [0.05, 0.1) is 12.6 Å². The van der Waals surface area contributed by atoms with E-state index in [0.29, 0.717) is 43.1 Å². The maximum Gasteiger partial charge on any atom is 0.249 e. The third-order valence-corrected chi connectivity index (χ3v) is 6.21. The number of carbonyl (C=O) groups excluding carboxylic acids is 1. The highest BCUT2D eigenvalue weighted by Gasteiger charge is 2.37. The van der Waals surface area contributed by atoms with E-state index in [-0.39, 0.29) is 17.9 Å². The summed E-state index contributed by atoms with van der Waals surface area (Å²) >= 11 is 1.42.